The van der Waals surface area contributed by atoms with E-state index in [9.17, 15) is 9.59 Å². The first-order valence-corrected chi connectivity index (χ1v) is 13.8. The van der Waals surface area contributed by atoms with Crippen LogP contribution in [-0.4, -0.2) is 32.1 Å². The highest BCUT2D eigenvalue weighted by molar-refractivity contribution is 5.94. The molecule has 5 rings (SSSR count). The van der Waals surface area contributed by atoms with Crippen molar-refractivity contribution in [2.45, 2.75) is 19.3 Å². The fraction of sp³-hybridized carbons (Fsp3) is 0.167. The molecule has 0 fully saturated rings. The van der Waals surface area contributed by atoms with Gasteiger partial charge in [0.1, 0.15) is 24.7 Å². The molecule has 2 amide bonds. The molecule has 1 aliphatic rings. The number of nitrogens with one attached hydrogen (secondary N) is 1. The summed E-state index contributed by atoms with van der Waals surface area (Å²) in [6.45, 7) is 11.1. The highest BCUT2D eigenvalue weighted by Crippen LogP contribution is 2.57. The first kappa shape index (κ1) is 28.4. The second kappa shape index (κ2) is 11.8. The smallest absolute Gasteiger partial charge is 0.223 e. The van der Waals surface area contributed by atoms with E-state index >= 15 is 0 Å². The van der Waals surface area contributed by atoms with Crippen LogP contribution in [0.3, 0.4) is 0 Å². The number of rotatable bonds is 10. The molecule has 0 bridgehead atoms. The number of hydrogen-bond acceptors (Lipinski definition) is 4. The second-order valence-corrected chi connectivity index (χ2v) is 10.2. The molecule has 0 aliphatic heterocycles. The molecule has 6 nitrogen and oxygen atoms in total. The monoisotopic (exact) mass is 558 g/mol. The Balaban J connectivity index is 1.86. The van der Waals surface area contributed by atoms with E-state index in [1.54, 1.807) is 24.1 Å². The van der Waals surface area contributed by atoms with Crippen molar-refractivity contribution in [1.29, 1.82) is 0 Å². The van der Waals surface area contributed by atoms with E-state index in [0.717, 1.165) is 33.4 Å². The molecule has 0 heterocycles. The van der Waals surface area contributed by atoms with Crippen LogP contribution in [0.4, 0.5) is 11.4 Å². The molecule has 0 aromatic heterocycles. The van der Waals surface area contributed by atoms with Crippen molar-refractivity contribution >= 4 is 23.2 Å². The molecule has 4 aromatic carbocycles. The van der Waals surface area contributed by atoms with Gasteiger partial charge in [-0.15, -0.1) is 0 Å². The van der Waals surface area contributed by atoms with E-state index in [1.165, 1.54) is 13.8 Å². The van der Waals surface area contributed by atoms with Crippen molar-refractivity contribution in [1.82, 2.24) is 0 Å². The van der Waals surface area contributed by atoms with Gasteiger partial charge in [0.25, 0.3) is 0 Å². The molecule has 6 heteroatoms. The standard InChI is InChI=1S/C36H34N2O4/c1-6-20-41-34-18-16-26(22-32(34)37-24(3)39)36(30-14-10-8-12-28(30)29-13-9-11-15-31(29)36)27-17-19-35(42-21-7-2)33(23-27)38(5)25(4)40/h6-19,22-23H,1-2,20-21H2,3-5H3,(H,37,39). The molecule has 42 heavy (non-hydrogen) atoms. The Morgan fingerprint density at radius 3 is 1.86 bits per heavy atom. The normalized spacial score (nSPS) is 12.5. The molecule has 4 aromatic rings. The highest BCUT2D eigenvalue weighted by atomic mass is 16.5. The maximum atomic E-state index is 12.6. The van der Waals surface area contributed by atoms with Gasteiger partial charge in [0.15, 0.2) is 0 Å². The van der Waals surface area contributed by atoms with Gasteiger partial charge in [-0.3, -0.25) is 9.59 Å². The van der Waals surface area contributed by atoms with E-state index in [1.807, 2.05) is 54.6 Å². The van der Waals surface area contributed by atoms with Crippen molar-refractivity contribution in [3.8, 4) is 22.6 Å². The molecule has 212 valence electrons. The first-order chi connectivity index (χ1) is 20.3. The van der Waals surface area contributed by atoms with Crippen LogP contribution in [0.25, 0.3) is 11.1 Å². The summed E-state index contributed by atoms with van der Waals surface area (Å²) in [5, 5.41) is 2.96. The number of carbonyl (C=O) groups excluding carboxylic acids is 2. The Labute approximate surface area is 246 Å². The van der Waals surface area contributed by atoms with Gasteiger partial charge in [-0.1, -0.05) is 86.0 Å². The van der Waals surface area contributed by atoms with E-state index < -0.39 is 5.41 Å². The van der Waals surface area contributed by atoms with Gasteiger partial charge in [0, 0.05) is 20.9 Å². The number of hydrogen-bond donors (Lipinski definition) is 1. The molecule has 1 N–H and O–H groups in total. The lowest BCUT2D eigenvalue weighted by molar-refractivity contribution is -0.116. The predicted octanol–water partition coefficient (Wildman–Crippen LogP) is 7.12. The Kier molecular flexibility index (Phi) is 7.98. The van der Waals surface area contributed by atoms with E-state index in [-0.39, 0.29) is 11.8 Å². The number of fused-ring (bicyclic) bond motifs is 3. The molecular formula is C36H34N2O4. The number of nitrogens with zero attached hydrogens (tertiary/aromatic N) is 1. The van der Waals surface area contributed by atoms with Crippen molar-refractivity contribution in [2.75, 3.05) is 30.5 Å². The second-order valence-electron chi connectivity index (χ2n) is 10.2. The molecule has 0 spiro atoms. The maximum Gasteiger partial charge on any atom is 0.223 e. The summed E-state index contributed by atoms with van der Waals surface area (Å²) in [5.41, 5.74) is 6.75. The summed E-state index contributed by atoms with van der Waals surface area (Å²) in [6, 6.07) is 28.6. The van der Waals surface area contributed by atoms with Gasteiger partial charge in [-0.2, -0.15) is 0 Å². The lowest BCUT2D eigenvalue weighted by Crippen LogP contribution is -2.30. The number of carbonyl (C=O) groups is 2. The van der Waals surface area contributed by atoms with Crippen LogP contribution in [0.5, 0.6) is 11.5 Å². The fourth-order valence-electron chi connectivity index (χ4n) is 5.80. The zero-order valence-corrected chi connectivity index (χ0v) is 24.1. The molecule has 0 unspecified atom stereocenters. The highest BCUT2D eigenvalue weighted by Gasteiger charge is 2.46. The average Bonchev–Trinajstić information content (AvgIpc) is 3.30. The molecule has 0 radical (unpaired) electrons. The number of ether oxygens (including phenoxy) is 2. The summed E-state index contributed by atoms with van der Waals surface area (Å²) in [6.07, 6.45) is 3.34. The largest absolute Gasteiger partial charge is 0.487 e. The Bertz CT molecular complexity index is 1640. The van der Waals surface area contributed by atoms with Gasteiger partial charge in [-0.05, 0) is 57.6 Å². The first-order valence-electron chi connectivity index (χ1n) is 13.8. The zero-order chi connectivity index (χ0) is 29.9. The molecule has 1 aliphatic carbocycles. The van der Waals surface area contributed by atoms with Gasteiger partial charge in [-0.25, -0.2) is 0 Å². The minimum atomic E-state index is -0.777. The number of anilines is 2. The van der Waals surface area contributed by atoms with Gasteiger partial charge >= 0.3 is 0 Å². The summed E-state index contributed by atoms with van der Waals surface area (Å²) in [5.74, 6) is 0.812. The van der Waals surface area contributed by atoms with Crippen molar-refractivity contribution in [2.24, 2.45) is 0 Å². The van der Waals surface area contributed by atoms with Crippen LogP contribution in [0.2, 0.25) is 0 Å². The van der Waals surface area contributed by atoms with Crippen molar-refractivity contribution < 1.29 is 19.1 Å². The third-order valence-electron chi connectivity index (χ3n) is 7.61. The van der Waals surface area contributed by atoms with Crippen LogP contribution >= 0.6 is 0 Å². The van der Waals surface area contributed by atoms with E-state index in [0.29, 0.717) is 36.1 Å². The predicted molar refractivity (Wildman–Crippen MR) is 169 cm³/mol. The van der Waals surface area contributed by atoms with Crippen molar-refractivity contribution in [3.05, 3.63) is 132 Å². The topological polar surface area (TPSA) is 67.9 Å². The molecular weight excluding hydrogens is 524 g/mol. The molecule has 0 atom stereocenters. The minimum absolute atomic E-state index is 0.117. The number of amides is 2. The average molecular weight is 559 g/mol. The third-order valence-corrected chi connectivity index (χ3v) is 7.61. The minimum Gasteiger partial charge on any atom is -0.487 e. The summed E-state index contributed by atoms with van der Waals surface area (Å²) < 4.78 is 11.9. The summed E-state index contributed by atoms with van der Waals surface area (Å²) in [4.78, 5) is 26.5. The lowest BCUT2D eigenvalue weighted by Gasteiger charge is -2.35. The quantitative estimate of drug-likeness (QED) is 0.185. The van der Waals surface area contributed by atoms with Crippen LogP contribution in [0, 0.1) is 0 Å². The van der Waals surface area contributed by atoms with Gasteiger partial charge in [0.05, 0.1) is 16.8 Å². The maximum absolute atomic E-state index is 12.6. The van der Waals surface area contributed by atoms with Crippen LogP contribution in [0.15, 0.2) is 110 Å². The van der Waals surface area contributed by atoms with Gasteiger partial charge in [0.2, 0.25) is 11.8 Å². The van der Waals surface area contributed by atoms with Crippen molar-refractivity contribution in [3.63, 3.8) is 0 Å². The van der Waals surface area contributed by atoms with Gasteiger partial charge < -0.3 is 19.7 Å². The summed E-state index contributed by atoms with van der Waals surface area (Å²) in [7, 11) is 1.74. The zero-order valence-electron chi connectivity index (χ0n) is 24.1. The van der Waals surface area contributed by atoms with Crippen LogP contribution < -0.4 is 19.7 Å². The van der Waals surface area contributed by atoms with E-state index in [2.05, 4.69) is 48.8 Å². The van der Waals surface area contributed by atoms with Crippen LogP contribution in [-0.2, 0) is 15.0 Å². The SMILES string of the molecule is C=CCOc1ccc(C2(c3ccc(OCC=C)c(N(C)C(C)=O)c3)c3ccccc3-c3ccccc32)cc1NC(C)=O. The number of benzene rings is 4. The summed E-state index contributed by atoms with van der Waals surface area (Å²) >= 11 is 0. The van der Waals surface area contributed by atoms with E-state index in [4.69, 9.17) is 9.47 Å². The Morgan fingerprint density at radius 1 is 0.786 bits per heavy atom. The molecule has 0 saturated heterocycles. The Hall–Kier alpha value is -5.10. The van der Waals surface area contributed by atoms with Crippen LogP contribution in [0.1, 0.15) is 36.1 Å². The Morgan fingerprint density at radius 2 is 1.31 bits per heavy atom. The fourth-order valence-corrected chi connectivity index (χ4v) is 5.80. The lowest BCUT2D eigenvalue weighted by atomic mass is 9.67. The third kappa shape index (κ3) is 4.85. The molecule has 0 saturated carbocycles.